The average Bonchev–Trinajstić information content (AvgIpc) is 2.38. The molecule has 0 aliphatic carbocycles. The van der Waals surface area contributed by atoms with E-state index in [0.717, 1.165) is 0 Å². The SMILES string of the molecule is CC(N)c1nc2c(c(=O)[nH]1)CCS(=O)(=O)CC2. The van der Waals surface area contributed by atoms with E-state index < -0.39 is 9.84 Å². The summed E-state index contributed by atoms with van der Waals surface area (Å²) in [6.45, 7) is 1.72. The molecule has 94 valence electrons. The summed E-state index contributed by atoms with van der Waals surface area (Å²) < 4.78 is 23.0. The van der Waals surface area contributed by atoms with Gasteiger partial charge in [-0.15, -0.1) is 0 Å². The van der Waals surface area contributed by atoms with Gasteiger partial charge in [0.05, 0.1) is 23.2 Å². The van der Waals surface area contributed by atoms with E-state index in [4.69, 9.17) is 5.73 Å². The van der Waals surface area contributed by atoms with Crippen LogP contribution in [0, 0.1) is 0 Å². The lowest BCUT2D eigenvalue weighted by Crippen LogP contribution is -2.23. The van der Waals surface area contributed by atoms with Crippen LogP contribution >= 0.6 is 0 Å². The van der Waals surface area contributed by atoms with Crippen molar-refractivity contribution in [1.82, 2.24) is 9.97 Å². The van der Waals surface area contributed by atoms with Crippen LogP contribution < -0.4 is 11.3 Å². The van der Waals surface area contributed by atoms with Gasteiger partial charge in [0.25, 0.3) is 5.56 Å². The molecule has 0 radical (unpaired) electrons. The summed E-state index contributed by atoms with van der Waals surface area (Å²) in [7, 11) is -3.06. The molecule has 0 saturated heterocycles. The lowest BCUT2D eigenvalue weighted by molar-refractivity contribution is 0.596. The summed E-state index contributed by atoms with van der Waals surface area (Å²) in [5, 5.41) is 0. The van der Waals surface area contributed by atoms with Crippen molar-refractivity contribution in [1.29, 1.82) is 0 Å². The molecule has 0 aromatic carbocycles. The van der Waals surface area contributed by atoms with Gasteiger partial charge in [0.2, 0.25) is 0 Å². The first kappa shape index (κ1) is 12.3. The van der Waals surface area contributed by atoms with Crippen molar-refractivity contribution in [3.05, 3.63) is 27.4 Å². The second kappa shape index (κ2) is 4.23. The zero-order valence-electron chi connectivity index (χ0n) is 9.56. The van der Waals surface area contributed by atoms with Gasteiger partial charge in [-0.25, -0.2) is 13.4 Å². The molecule has 2 heterocycles. The molecule has 0 spiro atoms. The molecule has 6 nitrogen and oxygen atoms in total. The fourth-order valence-electron chi connectivity index (χ4n) is 1.86. The van der Waals surface area contributed by atoms with E-state index in [1.165, 1.54) is 0 Å². The highest BCUT2D eigenvalue weighted by Crippen LogP contribution is 2.13. The molecule has 0 bridgehead atoms. The Labute approximate surface area is 99.2 Å². The maximum absolute atomic E-state index is 11.8. The molecule has 1 aromatic rings. The second-order valence-corrected chi connectivity index (χ2v) is 6.62. The fraction of sp³-hybridized carbons (Fsp3) is 0.600. The van der Waals surface area contributed by atoms with E-state index in [2.05, 4.69) is 9.97 Å². The molecule has 0 amide bonds. The van der Waals surface area contributed by atoms with Crippen molar-refractivity contribution in [2.75, 3.05) is 11.5 Å². The summed E-state index contributed by atoms with van der Waals surface area (Å²) in [6.07, 6.45) is 0.528. The third-order valence-corrected chi connectivity index (χ3v) is 4.52. The monoisotopic (exact) mass is 257 g/mol. The van der Waals surface area contributed by atoms with Crippen LogP contribution in [0.5, 0.6) is 0 Å². The van der Waals surface area contributed by atoms with Crippen LogP contribution in [0.4, 0.5) is 0 Å². The number of aryl methyl sites for hydroxylation is 1. The number of hydrogen-bond donors (Lipinski definition) is 2. The summed E-state index contributed by atoms with van der Waals surface area (Å²) in [5.74, 6) is 0.477. The lowest BCUT2D eigenvalue weighted by Gasteiger charge is -2.08. The number of rotatable bonds is 1. The van der Waals surface area contributed by atoms with Gasteiger partial charge < -0.3 is 10.7 Å². The van der Waals surface area contributed by atoms with Gasteiger partial charge in [0.1, 0.15) is 5.82 Å². The Kier molecular flexibility index (Phi) is 3.05. The Morgan fingerprint density at radius 2 is 2.00 bits per heavy atom. The van der Waals surface area contributed by atoms with Crippen LogP contribution in [-0.4, -0.2) is 29.9 Å². The number of nitrogens with one attached hydrogen (secondary N) is 1. The van der Waals surface area contributed by atoms with E-state index in [-0.39, 0.29) is 29.5 Å². The van der Waals surface area contributed by atoms with Gasteiger partial charge >= 0.3 is 0 Å². The highest BCUT2D eigenvalue weighted by molar-refractivity contribution is 7.91. The third kappa shape index (κ3) is 2.55. The maximum atomic E-state index is 11.8. The van der Waals surface area contributed by atoms with Gasteiger partial charge in [-0.2, -0.15) is 0 Å². The van der Waals surface area contributed by atoms with Crippen LogP contribution in [0.25, 0.3) is 0 Å². The zero-order valence-corrected chi connectivity index (χ0v) is 10.4. The number of fused-ring (bicyclic) bond motifs is 1. The molecular formula is C10H15N3O3S. The Morgan fingerprint density at radius 1 is 1.35 bits per heavy atom. The van der Waals surface area contributed by atoms with Gasteiger partial charge in [-0.05, 0) is 13.3 Å². The van der Waals surface area contributed by atoms with Crippen LogP contribution in [-0.2, 0) is 22.7 Å². The van der Waals surface area contributed by atoms with Crippen molar-refractivity contribution in [2.24, 2.45) is 5.73 Å². The van der Waals surface area contributed by atoms with E-state index in [1.54, 1.807) is 6.92 Å². The smallest absolute Gasteiger partial charge is 0.254 e. The summed E-state index contributed by atoms with van der Waals surface area (Å²) in [6, 6.07) is -0.368. The Hall–Kier alpha value is -1.21. The number of nitrogens with zero attached hydrogens (tertiary/aromatic N) is 1. The zero-order chi connectivity index (χ0) is 12.6. The molecule has 0 fully saturated rings. The standard InChI is InChI=1S/C10H15N3O3S/c1-6(11)9-12-8-3-5-17(15,16)4-2-7(8)10(14)13-9/h6H,2-5,11H2,1H3,(H,12,13,14). The highest BCUT2D eigenvalue weighted by atomic mass is 32.2. The van der Waals surface area contributed by atoms with Gasteiger partial charge in [0.15, 0.2) is 9.84 Å². The van der Waals surface area contributed by atoms with Crippen molar-refractivity contribution in [3.63, 3.8) is 0 Å². The topological polar surface area (TPSA) is 106 Å². The van der Waals surface area contributed by atoms with Crippen LogP contribution in [0.3, 0.4) is 0 Å². The Bertz CT molecular complexity index is 589. The van der Waals surface area contributed by atoms with Crippen LogP contribution in [0.1, 0.15) is 30.0 Å². The Balaban J connectivity index is 2.50. The quantitative estimate of drug-likeness (QED) is 0.692. The second-order valence-electron chi connectivity index (χ2n) is 4.32. The Morgan fingerprint density at radius 3 is 2.65 bits per heavy atom. The molecule has 7 heteroatoms. The molecule has 2 rings (SSSR count). The number of hydrogen-bond acceptors (Lipinski definition) is 5. The van der Waals surface area contributed by atoms with Gasteiger partial charge in [-0.3, -0.25) is 4.79 Å². The number of nitrogens with two attached hydrogens (primary N) is 1. The van der Waals surface area contributed by atoms with Crippen molar-refractivity contribution in [2.45, 2.75) is 25.8 Å². The minimum Gasteiger partial charge on any atom is -0.322 e. The largest absolute Gasteiger partial charge is 0.322 e. The molecule has 1 unspecified atom stereocenters. The molecule has 3 N–H and O–H groups in total. The minimum atomic E-state index is -3.06. The fourth-order valence-corrected chi connectivity index (χ4v) is 3.08. The van der Waals surface area contributed by atoms with E-state index in [1.807, 2.05) is 0 Å². The summed E-state index contributed by atoms with van der Waals surface area (Å²) >= 11 is 0. The third-order valence-electron chi connectivity index (χ3n) is 2.86. The molecule has 17 heavy (non-hydrogen) atoms. The first-order valence-corrected chi connectivity index (χ1v) is 7.29. The molecule has 0 saturated carbocycles. The van der Waals surface area contributed by atoms with Crippen LogP contribution in [0.2, 0.25) is 0 Å². The molecule has 1 aliphatic rings. The highest BCUT2D eigenvalue weighted by Gasteiger charge is 2.22. The van der Waals surface area contributed by atoms with Gasteiger partial charge in [-0.1, -0.05) is 0 Å². The lowest BCUT2D eigenvalue weighted by atomic mass is 10.1. The van der Waals surface area contributed by atoms with Gasteiger partial charge in [0, 0.05) is 12.0 Å². The number of sulfone groups is 1. The minimum absolute atomic E-state index is 0.0162. The maximum Gasteiger partial charge on any atom is 0.254 e. The average molecular weight is 257 g/mol. The van der Waals surface area contributed by atoms with Crippen molar-refractivity contribution < 1.29 is 8.42 Å². The molecule has 1 aromatic heterocycles. The van der Waals surface area contributed by atoms with Crippen molar-refractivity contribution >= 4 is 9.84 Å². The van der Waals surface area contributed by atoms with Crippen LogP contribution in [0.15, 0.2) is 4.79 Å². The van der Waals surface area contributed by atoms with E-state index in [9.17, 15) is 13.2 Å². The predicted octanol–water partition coefficient (Wildman–Crippen LogP) is -0.697. The van der Waals surface area contributed by atoms with E-state index >= 15 is 0 Å². The van der Waals surface area contributed by atoms with E-state index in [0.29, 0.717) is 23.5 Å². The number of aromatic amines is 1. The summed E-state index contributed by atoms with van der Waals surface area (Å²) in [5.41, 5.74) is 6.45. The first-order chi connectivity index (χ1) is 7.89. The normalized spacial score (nSPS) is 20.4. The first-order valence-electron chi connectivity index (χ1n) is 5.47. The molecule has 1 aliphatic heterocycles. The predicted molar refractivity (Wildman–Crippen MR) is 63.5 cm³/mol. The number of aromatic nitrogens is 2. The molecular weight excluding hydrogens is 242 g/mol. The number of H-pyrrole nitrogens is 1. The van der Waals surface area contributed by atoms with Crippen molar-refractivity contribution in [3.8, 4) is 0 Å². The molecule has 1 atom stereocenters. The summed E-state index contributed by atoms with van der Waals surface area (Å²) in [4.78, 5) is 18.7.